The van der Waals surface area contributed by atoms with Crippen molar-refractivity contribution in [2.45, 2.75) is 26.8 Å². The average molecular weight is 410 g/mol. The highest BCUT2D eigenvalue weighted by molar-refractivity contribution is 5.79. The Morgan fingerprint density at radius 1 is 1.13 bits per heavy atom. The van der Waals surface area contributed by atoms with Crippen LogP contribution in [0.25, 0.3) is 5.69 Å². The molecular weight excluding hydrogens is 381 g/mol. The summed E-state index contributed by atoms with van der Waals surface area (Å²) < 4.78 is 21.7. The summed E-state index contributed by atoms with van der Waals surface area (Å²) in [6.07, 6.45) is 4.25. The van der Waals surface area contributed by atoms with Crippen molar-refractivity contribution in [2.75, 3.05) is 20.7 Å². The van der Waals surface area contributed by atoms with Gasteiger partial charge in [-0.3, -0.25) is 4.99 Å². The SMILES string of the molecule is CN=C(NCCc1ccc(C)c(OC)c1)NCc1ccc(-n2ccnc2C)c(F)c1. The molecule has 2 aromatic carbocycles. The fourth-order valence-corrected chi connectivity index (χ4v) is 3.24. The van der Waals surface area contributed by atoms with Crippen LogP contribution in [0.3, 0.4) is 0 Å². The minimum atomic E-state index is -0.285. The first kappa shape index (κ1) is 21.4. The smallest absolute Gasteiger partial charge is 0.191 e. The topological polar surface area (TPSA) is 63.5 Å². The third-order valence-electron chi connectivity index (χ3n) is 4.96. The Hall–Kier alpha value is -3.35. The Kier molecular flexibility index (Phi) is 7.06. The lowest BCUT2D eigenvalue weighted by molar-refractivity contribution is 0.411. The van der Waals surface area contributed by atoms with Gasteiger partial charge >= 0.3 is 0 Å². The van der Waals surface area contributed by atoms with Crippen LogP contribution in [0.5, 0.6) is 5.75 Å². The average Bonchev–Trinajstić information content (AvgIpc) is 3.17. The van der Waals surface area contributed by atoms with Crippen molar-refractivity contribution in [1.82, 2.24) is 20.2 Å². The van der Waals surface area contributed by atoms with Gasteiger partial charge in [0, 0.05) is 32.5 Å². The second kappa shape index (κ2) is 9.91. The van der Waals surface area contributed by atoms with E-state index in [0.29, 0.717) is 18.2 Å². The summed E-state index contributed by atoms with van der Waals surface area (Å²) in [5, 5.41) is 6.51. The lowest BCUT2D eigenvalue weighted by atomic mass is 10.1. The molecule has 3 rings (SSSR count). The molecule has 0 bridgehead atoms. The van der Waals surface area contributed by atoms with E-state index in [2.05, 4.69) is 38.8 Å². The summed E-state index contributed by atoms with van der Waals surface area (Å²) in [6, 6.07) is 11.4. The first-order valence-corrected chi connectivity index (χ1v) is 9.88. The Balaban J connectivity index is 1.53. The van der Waals surface area contributed by atoms with Crippen LogP contribution in [0, 0.1) is 19.7 Å². The first-order valence-electron chi connectivity index (χ1n) is 9.88. The molecule has 1 heterocycles. The van der Waals surface area contributed by atoms with Crippen LogP contribution in [0.15, 0.2) is 53.8 Å². The number of halogens is 1. The molecule has 6 nitrogen and oxygen atoms in total. The van der Waals surface area contributed by atoms with Gasteiger partial charge in [0.2, 0.25) is 0 Å². The molecule has 0 spiro atoms. The number of nitrogens with one attached hydrogen (secondary N) is 2. The van der Waals surface area contributed by atoms with Gasteiger partial charge in [0.1, 0.15) is 17.4 Å². The monoisotopic (exact) mass is 409 g/mol. The normalized spacial score (nSPS) is 11.4. The zero-order valence-electron chi connectivity index (χ0n) is 17.9. The molecule has 0 atom stereocenters. The molecular formula is C23H28FN5O. The summed E-state index contributed by atoms with van der Waals surface area (Å²) in [6.45, 7) is 5.06. The van der Waals surface area contributed by atoms with Crippen LogP contribution in [-0.2, 0) is 13.0 Å². The van der Waals surface area contributed by atoms with Gasteiger partial charge in [-0.25, -0.2) is 9.37 Å². The lowest BCUT2D eigenvalue weighted by Gasteiger charge is -2.13. The largest absolute Gasteiger partial charge is 0.496 e. The highest BCUT2D eigenvalue weighted by atomic mass is 19.1. The Bertz CT molecular complexity index is 1030. The molecule has 7 heteroatoms. The maximum atomic E-state index is 14.5. The molecule has 0 aliphatic carbocycles. The number of methoxy groups -OCH3 is 1. The zero-order chi connectivity index (χ0) is 21.5. The summed E-state index contributed by atoms with van der Waals surface area (Å²) in [5.74, 6) is 2.03. The van der Waals surface area contributed by atoms with Gasteiger partial charge in [-0.2, -0.15) is 0 Å². The molecule has 0 aliphatic rings. The van der Waals surface area contributed by atoms with Crippen molar-refractivity contribution in [3.63, 3.8) is 0 Å². The van der Waals surface area contributed by atoms with Gasteiger partial charge in [0.25, 0.3) is 0 Å². The molecule has 30 heavy (non-hydrogen) atoms. The molecule has 1 aromatic heterocycles. The quantitative estimate of drug-likeness (QED) is 0.463. The van der Waals surface area contributed by atoms with Gasteiger partial charge in [0.05, 0.1) is 12.8 Å². The van der Waals surface area contributed by atoms with Gasteiger partial charge < -0.3 is 19.9 Å². The zero-order valence-corrected chi connectivity index (χ0v) is 17.9. The van der Waals surface area contributed by atoms with Gasteiger partial charge in [-0.15, -0.1) is 0 Å². The third-order valence-corrected chi connectivity index (χ3v) is 4.96. The van der Waals surface area contributed by atoms with E-state index in [1.165, 1.54) is 11.6 Å². The highest BCUT2D eigenvalue weighted by Gasteiger charge is 2.08. The number of ether oxygens (including phenoxy) is 1. The fraction of sp³-hybridized carbons (Fsp3) is 0.304. The molecule has 158 valence electrons. The number of rotatable bonds is 7. The van der Waals surface area contributed by atoms with Crippen molar-refractivity contribution in [2.24, 2.45) is 4.99 Å². The molecule has 0 radical (unpaired) electrons. The number of nitrogens with zero attached hydrogens (tertiary/aromatic N) is 3. The number of imidazole rings is 1. The molecule has 2 N–H and O–H groups in total. The molecule has 0 saturated heterocycles. The van der Waals surface area contributed by atoms with E-state index in [9.17, 15) is 4.39 Å². The number of hydrogen-bond donors (Lipinski definition) is 2. The van der Waals surface area contributed by atoms with Crippen LogP contribution in [0.1, 0.15) is 22.5 Å². The molecule has 0 fully saturated rings. The maximum Gasteiger partial charge on any atom is 0.191 e. The first-order chi connectivity index (χ1) is 14.5. The lowest BCUT2D eigenvalue weighted by Crippen LogP contribution is -2.37. The molecule has 0 aliphatic heterocycles. The van der Waals surface area contributed by atoms with Crippen molar-refractivity contribution in [1.29, 1.82) is 0 Å². The predicted octanol–water partition coefficient (Wildman–Crippen LogP) is 3.54. The van der Waals surface area contributed by atoms with E-state index in [0.717, 1.165) is 35.7 Å². The third kappa shape index (κ3) is 5.17. The van der Waals surface area contributed by atoms with E-state index in [-0.39, 0.29) is 5.82 Å². The minimum Gasteiger partial charge on any atom is -0.496 e. The van der Waals surface area contributed by atoms with Crippen LogP contribution in [0.2, 0.25) is 0 Å². The Morgan fingerprint density at radius 3 is 2.60 bits per heavy atom. The standard InChI is InChI=1S/C23H28FN5O/c1-16-5-6-18(14-22(16)30-4)9-10-27-23(25-3)28-15-19-7-8-21(20(24)13-19)29-12-11-26-17(29)2/h5-8,11-14H,9-10,15H2,1-4H3,(H2,25,27,28). The van der Waals surface area contributed by atoms with Gasteiger partial charge in [-0.1, -0.05) is 18.2 Å². The minimum absolute atomic E-state index is 0.285. The van der Waals surface area contributed by atoms with Crippen LogP contribution in [-0.4, -0.2) is 36.2 Å². The number of aryl methyl sites for hydroxylation is 2. The van der Waals surface area contributed by atoms with Crippen LogP contribution in [0.4, 0.5) is 4.39 Å². The van der Waals surface area contributed by atoms with Gasteiger partial charge in [0.15, 0.2) is 5.96 Å². The Labute approximate surface area is 176 Å². The molecule has 0 unspecified atom stereocenters. The van der Waals surface area contributed by atoms with Crippen molar-refractivity contribution < 1.29 is 9.13 Å². The van der Waals surface area contributed by atoms with E-state index in [4.69, 9.17) is 4.74 Å². The van der Waals surface area contributed by atoms with Crippen LogP contribution >= 0.6 is 0 Å². The van der Waals surface area contributed by atoms with Crippen LogP contribution < -0.4 is 15.4 Å². The van der Waals surface area contributed by atoms with E-state index in [1.54, 1.807) is 37.2 Å². The number of guanidine groups is 1. The summed E-state index contributed by atoms with van der Waals surface area (Å²) >= 11 is 0. The fourth-order valence-electron chi connectivity index (χ4n) is 3.24. The van der Waals surface area contributed by atoms with E-state index >= 15 is 0 Å². The van der Waals surface area contributed by atoms with Gasteiger partial charge in [-0.05, 0) is 55.2 Å². The summed E-state index contributed by atoms with van der Waals surface area (Å²) in [5.41, 5.74) is 3.63. The Morgan fingerprint density at radius 2 is 1.93 bits per heavy atom. The summed E-state index contributed by atoms with van der Waals surface area (Å²) in [7, 11) is 3.40. The molecule has 0 saturated carbocycles. The van der Waals surface area contributed by atoms with Crippen molar-refractivity contribution in [3.8, 4) is 11.4 Å². The number of benzene rings is 2. The maximum absolute atomic E-state index is 14.5. The highest BCUT2D eigenvalue weighted by Crippen LogP contribution is 2.19. The van der Waals surface area contributed by atoms with E-state index in [1.807, 2.05) is 19.9 Å². The predicted molar refractivity (Wildman–Crippen MR) is 118 cm³/mol. The summed E-state index contributed by atoms with van der Waals surface area (Å²) in [4.78, 5) is 8.38. The number of aromatic nitrogens is 2. The second-order valence-corrected chi connectivity index (χ2v) is 7.04. The number of hydrogen-bond acceptors (Lipinski definition) is 3. The number of aliphatic imine (C=N–C) groups is 1. The van der Waals surface area contributed by atoms with E-state index < -0.39 is 0 Å². The molecule has 3 aromatic rings. The molecule has 0 amide bonds. The van der Waals surface area contributed by atoms with Crippen molar-refractivity contribution >= 4 is 5.96 Å². The van der Waals surface area contributed by atoms with Crippen molar-refractivity contribution in [3.05, 3.63) is 77.1 Å². The second-order valence-electron chi connectivity index (χ2n) is 7.04.